The first kappa shape index (κ1) is 21.9. The van der Waals surface area contributed by atoms with Crippen LogP contribution in [-0.4, -0.2) is 55.1 Å². The average Bonchev–Trinajstić information content (AvgIpc) is 3.03. The molecule has 0 unspecified atom stereocenters. The molecular weight excluding hydrogens is 414 g/mol. The van der Waals surface area contributed by atoms with Crippen molar-refractivity contribution in [3.8, 4) is 0 Å². The lowest BCUT2D eigenvalue weighted by Gasteiger charge is -2.26. The van der Waals surface area contributed by atoms with Crippen LogP contribution in [-0.2, 0) is 28.4 Å². The van der Waals surface area contributed by atoms with Crippen molar-refractivity contribution in [3.05, 3.63) is 35.4 Å². The molecule has 10 heteroatoms. The van der Waals surface area contributed by atoms with Crippen LogP contribution in [0.25, 0.3) is 0 Å². The molecule has 0 radical (unpaired) electrons. The SMILES string of the molecule is CC(C)CNc1ccc(S(=O)(=O)N2CCOCC2)cc1NCc1ncc(Cl)n1C. The topological polar surface area (TPSA) is 88.5 Å². The van der Waals surface area contributed by atoms with E-state index in [4.69, 9.17) is 16.3 Å². The number of rotatable bonds is 8. The molecule has 2 heterocycles. The standard InChI is InChI=1S/C19H28ClN5O3S/c1-14(2)11-21-16-5-4-15(29(26,27)25-6-8-28-9-7-25)10-17(16)22-13-19-23-12-18(20)24(19)3/h4-5,10,12,14,21-22H,6-9,11,13H2,1-3H3. The number of aromatic nitrogens is 2. The van der Waals surface area contributed by atoms with Crippen LogP contribution in [0.1, 0.15) is 19.7 Å². The molecule has 2 aromatic rings. The summed E-state index contributed by atoms with van der Waals surface area (Å²) in [4.78, 5) is 4.55. The van der Waals surface area contributed by atoms with Gasteiger partial charge in [0.15, 0.2) is 0 Å². The lowest BCUT2D eigenvalue weighted by Crippen LogP contribution is -2.40. The molecule has 160 valence electrons. The van der Waals surface area contributed by atoms with Gasteiger partial charge in [-0.2, -0.15) is 4.31 Å². The molecule has 3 rings (SSSR count). The molecule has 0 atom stereocenters. The normalized spacial score (nSPS) is 15.6. The highest BCUT2D eigenvalue weighted by Crippen LogP contribution is 2.28. The first-order valence-electron chi connectivity index (χ1n) is 9.65. The Morgan fingerprint density at radius 2 is 1.93 bits per heavy atom. The summed E-state index contributed by atoms with van der Waals surface area (Å²) >= 11 is 6.06. The van der Waals surface area contributed by atoms with E-state index in [-0.39, 0.29) is 4.90 Å². The Labute approximate surface area is 177 Å². The molecule has 0 bridgehead atoms. The molecule has 8 nitrogen and oxygen atoms in total. The highest BCUT2D eigenvalue weighted by atomic mass is 35.5. The second kappa shape index (κ2) is 9.34. The van der Waals surface area contributed by atoms with Gasteiger partial charge in [-0.1, -0.05) is 25.4 Å². The van der Waals surface area contributed by atoms with E-state index >= 15 is 0 Å². The van der Waals surface area contributed by atoms with Crippen LogP contribution in [0.15, 0.2) is 29.3 Å². The predicted octanol–water partition coefficient (Wildman–Crippen LogP) is 2.77. The second-order valence-electron chi connectivity index (χ2n) is 7.41. The van der Waals surface area contributed by atoms with Crippen LogP contribution < -0.4 is 10.6 Å². The molecule has 1 saturated heterocycles. The van der Waals surface area contributed by atoms with E-state index < -0.39 is 10.0 Å². The van der Waals surface area contributed by atoms with Gasteiger partial charge >= 0.3 is 0 Å². The minimum Gasteiger partial charge on any atom is -0.383 e. The first-order chi connectivity index (χ1) is 13.8. The van der Waals surface area contributed by atoms with Crippen molar-refractivity contribution >= 4 is 33.0 Å². The number of sulfonamides is 1. The maximum atomic E-state index is 13.0. The molecule has 1 aliphatic heterocycles. The number of benzene rings is 1. The zero-order valence-corrected chi connectivity index (χ0v) is 18.6. The van der Waals surface area contributed by atoms with Gasteiger partial charge in [0.05, 0.1) is 42.2 Å². The van der Waals surface area contributed by atoms with E-state index in [9.17, 15) is 8.42 Å². The van der Waals surface area contributed by atoms with E-state index in [0.717, 1.165) is 18.1 Å². The number of hydrogen-bond donors (Lipinski definition) is 2. The number of imidazole rings is 1. The van der Waals surface area contributed by atoms with E-state index in [0.29, 0.717) is 49.6 Å². The summed E-state index contributed by atoms with van der Waals surface area (Å²) in [5, 5.41) is 7.24. The third-order valence-corrected chi connectivity index (χ3v) is 7.01. The lowest BCUT2D eigenvalue weighted by atomic mass is 10.2. The Morgan fingerprint density at radius 1 is 1.21 bits per heavy atom. The molecule has 0 amide bonds. The Bertz CT molecular complexity index is 939. The fourth-order valence-corrected chi connectivity index (χ4v) is 4.58. The van der Waals surface area contributed by atoms with Crippen molar-refractivity contribution < 1.29 is 13.2 Å². The summed E-state index contributed by atoms with van der Waals surface area (Å²) in [6.45, 7) is 6.99. The zero-order chi connectivity index (χ0) is 21.0. The van der Waals surface area contributed by atoms with Crippen LogP contribution in [0, 0.1) is 5.92 Å². The Kier molecular flexibility index (Phi) is 7.05. The van der Waals surface area contributed by atoms with Gasteiger partial charge in [-0.3, -0.25) is 0 Å². The molecule has 0 spiro atoms. The van der Waals surface area contributed by atoms with Crippen LogP contribution in [0.5, 0.6) is 0 Å². The van der Waals surface area contributed by atoms with Crippen molar-refractivity contribution in [1.82, 2.24) is 13.9 Å². The molecule has 1 fully saturated rings. The molecule has 1 aromatic carbocycles. The summed E-state index contributed by atoms with van der Waals surface area (Å²) in [5.41, 5.74) is 1.55. The summed E-state index contributed by atoms with van der Waals surface area (Å²) in [6, 6.07) is 5.14. The Hall–Kier alpha value is -1.81. The lowest BCUT2D eigenvalue weighted by molar-refractivity contribution is 0.0730. The van der Waals surface area contributed by atoms with Crippen molar-refractivity contribution in [1.29, 1.82) is 0 Å². The quantitative estimate of drug-likeness (QED) is 0.654. The summed E-state index contributed by atoms with van der Waals surface area (Å²) in [7, 11) is -1.74. The Balaban J connectivity index is 1.87. The smallest absolute Gasteiger partial charge is 0.243 e. The maximum absolute atomic E-state index is 13.0. The van der Waals surface area contributed by atoms with E-state index in [2.05, 4.69) is 29.5 Å². The zero-order valence-electron chi connectivity index (χ0n) is 17.0. The molecule has 0 aliphatic carbocycles. The van der Waals surface area contributed by atoms with E-state index in [1.54, 1.807) is 22.9 Å². The van der Waals surface area contributed by atoms with Crippen molar-refractivity contribution in [3.63, 3.8) is 0 Å². The molecule has 1 aliphatic rings. The van der Waals surface area contributed by atoms with Crippen molar-refractivity contribution in [2.75, 3.05) is 43.5 Å². The van der Waals surface area contributed by atoms with Gasteiger partial charge in [-0.05, 0) is 24.1 Å². The van der Waals surface area contributed by atoms with Gasteiger partial charge in [-0.15, -0.1) is 0 Å². The van der Waals surface area contributed by atoms with Gasteiger partial charge in [0, 0.05) is 26.7 Å². The number of ether oxygens (including phenoxy) is 1. The number of halogens is 1. The monoisotopic (exact) mass is 441 g/mol. The highest BCUT2D eigenvalue weighted by Gasteiger charge is 2.27. The third-order valence-electron chi connectivity index (χ3n) is 4.76. The third kappa shape index (κ3) is 5.22. The van der Waals surface area contributed by atoms with Crippen molar-refractivity contribution in [2.45, 2.75) is 25.3 Å². The van der Waals surface area contributed by atoms with Crippen LogP contribution >= 0.6 is 11.6 Å². The summed E-state index contributed by atoms with van der Waals surface area (Å²) in [6.07, 6.45) is 1.59. The summed E-state index contributed by atoms with van der Waals surface area (Å²) < 4.78 is 34.6. The fraction of sp³-hybridized carbons (Fsp3) is 0.526. The van der Waals surface area contributed by atoms with E-state index in [1.807, 2.05) is 13.1 Å². The van der Waals surface area contributed by atoms with Crippen LogP contribution in [0.4, 0.5) is 11.4 Å². The Morgan fingerprint density at radius 3 is 2.55 bits per heavy atom. The number of anilines is 2. The van der Waals surface area contributed by atoms with Crippen molar-refractivity contribution in [2.24, 2.45) is 13.0 Å². The second-order valence-corrected chi connectivity index (χ2v) is 9.73. The summed E-state index contributed by atoms with van der Waals surface area (Å²) in [5.74, 6) is 1.21. The number of morpholine rings is 1. The fourth-order valence-electron chi connectivity index (χ4n) is 3.00. The molecule has 0 saturated carbocycles. The average molecular weight is 442 g/mol. The molecule has 1 aromatic heterocycles. The minimum atomic E-state index is -3.58. The predicted molar refractivity (Wildman–Crippen MR) is 115 cm³/mol. The minimum absolute atomic E-state index is 0.259. The van der Waals surface area contributed by atoms with Gasteiger partial charge in [0.1, 0.15) is 11.0 Å². The largest absolute Gasteiger partial charge is 0.383 e. The number of hydrogen-bond acceptors (Lipinski definition) is 6. The molecule has 29 heavy (non-hydrogen) atoms. The van der Waals surface area contributed by atoms with Gasteiger partial charge in [0.2, 0.25) is 10.0 Å². The first-order valence-corrected chi connectivity index (χ1v) is 11.5. The van der Waals surface area contributed by atoms with Gasteiger partial charge in [-0.25, -0.2) is 13.4 Å². The molecular formula is C19H28ClN5O3S. The number of nitrogens with one attached hydrogen (secondary N) is 2. The highest BCUT2D eigenvalue weighted by molar-refractivity contribution is 7.89. The van der Waals surface area contributed by atoms with Gasteiger partial charge in [0.25, 0.3) is 0 Å². The van der Waals surface area contributed by atoms with Crippen LogP contribution in [0.2, 0.25) is 5.15 Å². The van der Waals surface area contributed by atoms with Gasteiger partial charge < -0.3 is 19.9 Å². The maximum Gasteiger partial charge on any atom is 0.243 e. The van der Waals surface area contributed by atoms with Crippen LogP contribution in [0.3, 0.4) is 0 Å². The number of nitrogens with zero attached hydrogens (tertiary/aromatic N) is 3. The van der Waals surface area contributed by atoms with E-state index in [1.165, 1.54) is 4.31 Å². The molecule has 2 N–H and O–H groups in total.